The lowest BCUT2D eigenvalue weighted by atomic mass is 9.97. The van der Waals surface area contributed by atoms with Crippen LogP contribution in [0.15, 0.2) is 53.1 Å². The lowest BCUT2D eigenvalue weighted by Crippen LogP contribution is -2.30. The summed E-state index contributed by atoms with van der Waals surface area (Å²) >= 11 is 0. The van der Waals surface area contributed by atoms with Crippen LogP contribution in [0.2, 0.25) is 0 Å². The molecule has 0 aliphatic carbocycles. The van der Waals surface area contributed by atoms with Crippen LogP contribution in [0.25, 0.3) is 33.2 Å². The SMILES string of the molecule is [2H]C([2H])([2H])C(C)c1c(F)ccc2c1oc1c(-c3cccc[n+]3C)c(C)ccc12. The molecule has 4 rings (SSSR count). The van der Waals surface area contributed by atoms with E-state index >= 15 is 0 Å². The smallest absolute Gasteiger partial charge is 0.216 e. The molecule has 0 radical (unpaired) electrons. The van der Waals surface area contributed by atoms with Gasteiger partial charge in [-0.1, -0.05) is 25.9 Å². The van der Waals surface area contributed by atoms with Gasteiger partial charge in [-0.25, -0.2) is 8.96 Å². The van der Waals surface area contributed by atoms with Gasteiger partial charge in [0.15, 0.2) is 6.20 Å². The van der Waals surface area contributed by atoms with Gasteiger partial charge in [0.2, 0.25) is 5.69 Å². The van der Waals surface area contributed by atoms with E-state index < -0.39 is 18.6 Å². The van der Waals surface area contributed by atoms with Crippen LogP contribution in [0.3, 0.4) is 0 Å². The Bertz CT molecular complexity index is 1210. The van der Waals surface area contributed by atoms with Crippen LogP contribution in [-0.4, -0.2) is 0 Å². The molecule has 126 valence electrons. The molecule has 0 aliphatic heterocycles. The van der Waals surface area contributed by atoms with Gasteiger partial charge in [0.25, 0.3) is 0 Å². The lowest BCUT2D eigenvalue weighted by molar-refractivity contribution is -0.660. The van der Waals surface area contributed by atoms with Crippen LogP contribution in [0, 0.1) is 12.7 Å². The summed E-state index contributed by atoms with van der Waals surface area (Å²) in [5.74, 6) is -1.53. The number of benzene rings is 2. The highest BCUT2D eigenvalue weighted by Crippen LogP contribution is 2.40. The fraction of sp³-hybridized carbons (Fsp3) is 0.227. The van der Waals surface area contributed by atoms with Crippen molar-refractivity contribution < 1.29 is 17.5 Å². The molecule has 0 aliphatic rings. The Hall–Kier alpha value is -2.68. The summed E-state index contributed by atoms with van der Waals surface area (Å²) in [5.41, 5.74) is 3.97. The summed E-state index contributed by atoms with van der Waals surface area (Å²) < 4.78 is 46.1. The molecule has 0 amide bonds. The number of nitrogens with zero attached hydrogens (tertiary/aromatic N) is 1. The minimum Gasteiger partial charge on any atom is -0.455 e. The summed E-state index contributed by atoms with van der Waals surface area (Å²) in [5, 5.41) is 1.57. The van der Waals surface area contributed by atoms with Crippen molar-refractivity contribution in [2.75, 3.05) is 0 Å². The zero-order valence-electron chi connectivity index (χ0n) is 17.4. The van der Waals surface area contributed by atoms with E-state index in [1.165, 1.54) is 13.0 Å². The van der Waals surface area contributed by atoms with Gasteiger partial charge in [0.1, 0.15) is 24.0 Å². The van der Waals surface area contributed by atoms with E-state index in [-0.39, 0.29) is 5.56 Å². The second kappa shape index (κ2) is 5.69. The third-order valence-corrected chi connectivity index (χ3v) is 4.75. The Morgan fingerprint density at radius 3 is 2.60 bits per heavy atom. The van der Waals surface area contributed by atoms with Crippen LogP contribution in [0.5, 0.6) is 0 Å². The number of pyridine rings is 1. The second-order valence-electron chi connectivity index (χ2n) is 6.49. The van der Waals surface area contributed by atoms with Gasteiger partial charge < -0.3 is 4.42 Å². The molecule has 0 saturated carbocycles. The summed E-state index contributed by atoms with van der Waals surface area (Å²) in [4.78, 5) is 0. The predicted octanol–water partition coefficient (Wildman–Crippen LogP) is 5.65. The van der Waals surface area contributed by atoms with Crippen LogP contribution < -0.4 is 4.57 Å². The number of aromatic nitrogens is 1. The van der Waals surface area contributed by atoms with Gasteiger partial charge in [0.05, 0.1) is 5.56 Å². The van der Waals surface area contributed by atoms with E-state index in [9.17, 15) is 4.39 Å². The Labute approximate surface area is 150 Å². The van der Waals surface area contributed by atoms with Crippen molar-refractivity contribution in [2.24, 2.45) is 7.05 Å². The summed E-state index contributed by atoms with van der Waals surface area (Å²) in [6.45, 7) is 1.20. The molecule has 25 heavy (non-hydrogen) atoms. The molecular formula is C22H21FNO+. The molecule has 2 aromatic carbocycles. The highest BCUT2D eigenvalue weighted by Gasteiger charge is 2.22. The first-order valence-electron chi connectivity index (χ1n) is 9.79. The van der Waals surface area contributed by atoms with Gasteiger partial charge in [-0.15, -0.1) is 0 Å². The molecular weight excluding hydrogens is 313 g/mol. The van der Waals surface area contributed by atoms with Crippen LogP contribution >= 0.6 is 0 Å². The van der Waals surface area contributed by atoms with Crippen LogP contribution in [0.1, 0.15) is 34.9 Å². The van der Waals surface area contributed by atoms with Crippen molar-refractivity contribution in [1.82, 2.24) is 0 Å². The maximum absolute atomic E-state index is 14.7. The van der Waals surface area contributed by atoms with E-state index in [1.54, 1.807) is 6.07 Å². The van der Waals surface area contributed by atoms with Crippen molar-refractivity contribution in [2.45, 2.75) is 26.6 Å². The van der Waals surface area contributed by atoms with E-state index in [1.807, 2.05) is 55.1 Å². The minimum atomic E-state index is -2.32. The summed E-state index contributed by atoms with van der Waals surface area (Å²) in [6.07, 6.45) is 1.96. The molecule has 2 heterocycles. The van der Waals surface area contributed by atoms with Crippen LogP contribution in [0.4, 0.5) is 4.39 Å². The predicted molar refractivity (Wildman–Crippen MR) is 99.1 cm³/mol. The molecule has 2 aromatic heterocycles. The molecule has 0 saturated heterocycles. The fourth-order valence-corrected chi connectivity index (χ4v) is 3.50. The van der Waals surface area contributed by atoms with Gasteiger partial charge in [0, 0.05) is 32.6 Å². The highest BCUT2D eigenvalue weighted by atomic mass is 19.1. The summed E-state index contributed by atoms with van der Waals surface area (Å²) in [7, 11) is 1.96. The van der Waals surface area contributed by atoms with Crippen molar-refractivity contribution in [1.29, 1.82) is 0 Å². The average molecular weight is 337 g/mol. The second-order valence-corrected chi connectivity index (χ2v) is 6.49. The minimum absolute atomic E-state index is 0.106. The molecule has 0 N–H and O–H groups in total. The zero-order chi connectivity index (χ0) is 20.2. The third-order valence-electron chi connectivity index (χ3n) is 4.75. The number of fused-ring (bicyclic) bond motifs is 3. The first-order chi connectivity index (χ1) is 13.2. The van der Waals surface area contributed by atoms with Gasteiger partial charge >= 0.3 is 0 Å². The Morgan fingerprint density at radius 2 is 1.84 bits per heavy atom. The Balaban J connectivity index is 2.12. The molecule has 4 aromatic rings. The molecule has 3 heteroatoms. The molecule has 0 bridgehead atoms. The zero-order valence-corrected chi connectivity index (χ0v) is 14.4. The van der Waals surface area contributed by atoms with Gasteiger partial charge in [-0.05, 0) is 36.6 Å². The van der Waals surface area contributed by atoms with Gasteiger partial charge in [-0.2, -0.15) is 0 Å². The number of furan rings is 1. The summed E-state index contributed by atoms with van der Waals surface area (Å²) in [6, 6.07) is 12.9. The Morgan fingerprint density at radius 1 is 1.08 bits per heavy atom. The van der Waals surface area contributed by atoms with Crippen molar-refractivity contribution >= 4 is 21.9 Å². The van der Waals surface area contributed by atoms with Gasteiger partial charge in [-0.3, -0.25) is 0 Å². The normalized spacial score (nSPS) is 15.1. The Kier molecular flexibility index (Phi) is 2.88. The molecule has 2 nitrogen and oxygen atoms in total. The first kappa shape index (κ1) is 12.6. The monoisotopic (exact) mass is 337 g/mol. The molecule has 1 unspecified atom stereocenters. The van der Waals surface area contributed by atoms with E-state index in [2.05, 4.69) is 0 Å². The molecule has 0 spiro atoms. The number of halogens is 1. The number of rotatable bonds is 2. The van der Waals surface area contributed by atoms with Crippen LogP contribution in [-0.2, 0) is 7.05 Å². The van der Waals surface area contributed by atoms with Crippen molar-refractivity contribution in [3.8, 4) is 11.3 Å². The number of hydrogen-bond donors (Lipinski definition) is 0. The topological polar surface area (TPSA) is 17.0 Å². The largest absolute Gasteiger partial charge is 0.455 e. The number of hydrogen-bond acceptors (Lipinski definition) is 1. The molecule has 0 fully saturated rings. The highest BCUT2D eigenvalue weighted by molar-refractivity contribution is 6.10. The standard InChI is InChI=1S/C22H21FNO/c1-13(2)19-17(23)11-10-16-15-9-8-14(3)20(22(15)25-21(16)19)18-7-5-6-12-24(18)4/h5-13H,1-4H3/q+1/i1D3. The average Bonchev–Trinajstić information content (AvgIpc) is 2.99. The first-order valence-corrected chi connectivity index (χ1v) is 8.29. The van der Waals surface area contributed by atoms with E-state index in [4.69, 9.17) is 8.53 Å². The van der Waals surface area contributed by atoms with Crippen molar-refractivity contribution in [3.63, 3.8) is 0 Å². The van der Waals surface area contributed by atoms with E-state index in [0.717, 1.165) is 27.6 Å². The van der Waals surface area contributed by atoms with Crippen molar-refractivity contribution in [3.05, 3.63) is 65.6 Å². The lowest BCUT2D eigenvalue weighted by Gasteiger charge is -2.07. The third kappa shape index (κ3) is 2.34. The molecule has 1 atom stereocenters. The maximum atomic E-state index is 14.7. The quantitative estimate of drug-likeness (QED) is 0.432. The van der Waals surface area contributed by atoms with E-state index in [0.29, 0.717) is 11.2 Å². The fourth-order valence-electron chi connectivity index (χ4n) is 3.50. The maximum Gasteiger partial charge on any atom is 0.216 e. The number of aryl methyl sites for hydroxylation is 2.